The highest BCUT2D eigenvalue weighted by atomic mass is 16.2. The van der Waals surface area contributed by atoms with Crippen LogP contribution in [0.15, 0.2) is 36.5 Å². The van der Waals surface area contributed by atoms with Crippen molar-refractivity contribution in [1.82, 2.24) is 14.8 Å². The number of carbonyl (C=O) groups is 1. The van der Waals surface area contributed by atoms with Crippen LogP contribution in [0.4, 0.5) is 17.2 Å². The van der Waals surface area contributed by atoms with Gasteiger partial charge in [0.2, 0.25) is 0 Å². The van der Waals surface area contributed by atoms with Crippen LogP contribution in [0.3, 0.4) is 0 Å². The van der Waals surface area contributed by atoms with Gasteiger partial charge in [-0.05, 0) is 63.2 Å². The summed E-state index contributed by atoms with van der Waals surface area (Å²) in [5.41, 5.74) is 4.08. The van der Waals surface area contributed by atoms with Crippen LogP contribution in [0.1, 0.15) is 36.7 Å². The maximum Gasteiger partial charge on any atom is 0.255 e. The summed E-state index contributed by atoms with van der Waals surface area (Å²) in [6.45, 7) is 15.1. The molecule has 6 heteroatoms. The molecule has 1 aliphatic rings. The lowest BCUT2D eigenvalue weighted by molar-refractivity contribution is 0.0643. The number of nitrogens with zero attached hydrogens (tertiary/aromatic N) is 4. The van der Waals surface area contributed by atoms with Crippen molar-refractivity contribution in [3.63, 3.8) is 0 Å². The van der Waals surface area contributed by atoms with Gasteiger partial charge < -0.3 is 20.0 Å². The van der Waals surface area contributed by atoms with Crippen molar-refractivity contribution in [1.29, 1.82) is 0 Å². The summed E-state index contributed by atoms with van der Waals surface area (Å²) in [6, 6.07) is 10.2. The lowest BCUT2D eigenvalue weighted by atomic mass is 10.1. The summed E-state index contributed by atoms with van der Waals surface area (Å²) in [6.07, 6.45) is 1.68. The summed E-state index contributed by atoms with van der Waals surface area (Å²) in [4.78, 5) is 23.8. The zero-order valence-electron chi connectivity index (χ0n) is 18.1. The van der Waals surface area contributed by atoms with Crippen LogP contribution in [0, 0.1) is 6.92 Å². The van der Waals surface area contributed by atoms with E-state index in [0.29, 0.717) is 5.56 Å². The van der Waals surface area contributed by atoms with Crippen LogP contribution in [0.25, 0.3) is 0 Å². The minimum atomic E-state index is 0.0690. The Hall–Kier alpha value is -2.60. The molecule has 0 aliphatic carbocycles. The van der Waals surface area contributed by atoms with Crippen LogP contribution in [-0.4, -0.2) is 66.5 Å². The van der Waals surface area contributed by atoms with E-state index in [4.69, 9.17) is 0 Å². The van der Waals surface area contributed by atoms with Gasteiger partial charge in [-0.2, -0.15) is 0 Å². The topological polar surface area (TPSA) is 51.7 Å². The average Bonchev–Trinajstić information content (AvgIpc) is 2.76. The number of pyridine rings is 1. The molecule has 0 bridgehead atoms. The SMILES string of the molecule is CCN1CCN(C(=O)c2ccc(Nc3ccc(N(CC)CC)cc3C)nc2)CC1. The third-order valence-electron chi connectivity index (χ3n) is 5.72. The molecule has 2 heterocycles. The zero-order valence-corrected chi connectivity index (χ0v) is 18.1. The van der Waals surface area contributed by atoms with E-state index in [0.717, 1.165) is 57.3 Å². The number of rotatable bonds is 7. The number of carbonyl (C=O) groups excluding carboxylic acids is 1. The number of nitrogens with one attached hydrogen (secondary N) is 1. The van der Waals surface area contributed by atoms with Crippen LogP contribution in [0.2, 0.25) is 0 Å². The first-order valence-corrected chi connectivity index (χ1v) is 10.7. The molecule has 29 heavy (non-hydrogen) atoms. The van der Waals surface area contributed by atoms with E-state index in [1.165, 1.54) is 11.3 Å². The first-order valence-electron chi connectivity index (χ1n) is 10.7. The highest BCUT2D eigenvalue weighted by molar-refractivity contribution is 5.94. The lowest BCUT2D eigenvalue weighted by Gasteiger charge is -2.34. The fraction of sp³-hybridized carbons (Fsp3) is 0.478. The van der Waals surface area contributed by atoms with Gasteiger partial charge in [-0.15, -0.1) is 0 Å². The number of piperazine rings is 1. The van der Waals surface area contributed by atoms with E-state index in [1.54, 1.807) is 6.20 Å². The highest BCUT2D eigenvalue weighted by Crippen LogP contribution is 2.25. The molecule has 3 rings (SSSR count). The Morgan fingerprint density at radius 3 is 2.34 bits per heavy atom. The Kier molecular flexibility index (Phi) is 7.09. The van der Waals surface area contributed by atoms with Crippen molar-refractivity contribution in [2.24, 2.45) is 0 Å². The van der Waals surface area contributed by atoms with Gasteiger partial charge in [0.25, 0.3) is 5.91 Å². The molecular weight excluding hydrogens is 362 g/mol. The Morgan fingerprint density at radius 1 is 1.07 bits per heavy atom. The van der Waals surface area contributed by atoms with Crippen molar-refractivity contribution in [3.8, 4) is 0 Å². The Labute approximate surface area is 174 Å². The largest absolute Gasteiger partial charge is 0.372 e. The van der Waals surface area contributed by atoms with E-state index < -0.39 is 0 Å². The average molecular weight is 396 g/mol. The van der Waals surface area contributed by atoms with Gasteiger partial charge in [-0.25, -0.2) is 4.98 Å². The third-order valence-corrected chi connectivity index (χ3v) is 5.72. The zero-order chi connectivity index (χ0) is 20.8. The molecule has 0 unspecified atom stereocenters. The molecule has 156 valence electrons. The Bertz CT molecular complexity index is 809. The molecule has 6 nitrogen and oxygen atoms in total. The number of anilines is 3. The normalized spacial score (nSPS) is 14.7. The Balaban J connectivity index is 1.64. The lowest BCUT2D eigenvalue weighted by Crippen LogP contribution is -2.48. The number of amides is 1. The van der Waals surface area contributed by atoms with Gasteiger partial charge in [0, 0.05) is 56.8 Å². The number of benzene rings is 1. The van der Waals surface area contributed by atoms with Gasteiger partial charge >= 0.3 is 0 Å². The molecule has 1 aromatic heterocycles. The summed E-state index contributed by atoms with van der Waals surface area (Å²) in [7, 11) is 0. The van der Waals surface area contributed by atoms with Crippen molar-refractivity contribution >= 4 is 23.1 Å². The Morgan fingerprint density at radius 2 is 1.79 bits per heavy atom. The standard InChI is InChI=1S/C23H33N5O/c1-5-26-12-14-28(15-13-26)23(29)19-8-11-22(24-17-19)25-21-10-9-20(16-18(21)4)27(6-2)7-3/h8-11,16-17H,5-7,12-15H2,1-4H3,(H,24,25). The summed E-state index contributed by atoms with van der Waals surface area (Å²) >= 11 is 0. The third kappa shape index (κ3) is 5.07. The fourth-order valence-electron chi connectivity index (χ4n) is 3.76. The van der Waals surface area contributed by atoms with Crippen molar-refractivity contribution in [3.05, 3.63) is 47.7 Å². The maximum absolute atomic E-state index is 12.7. The van der Waals surface area contributed by atoms with Crippen LogP contribution in [0.5, 0.6) is 0 Å². The van der Waals surface area contributed by atoms with E-state index in [1.807, 2.05) is 17.0 Å². The molecule has 0 saturated carbocycles. The van der Waals surface area contributed by atoms with Gasteiger partial charge in [0.1, 0.15) is 5.82 Å². The first kappa shape index (κ1) is 21.1. The number of hydrogen-bond donors (Lipinski definition) is 1. The van der Waals surface area contributed by atoms with Crippen molar-refractivity contribution in [2.75, 3.05) is 56.0 Å². The van der Waals surface area contributed by atoms with Crippen LogP contribution >= 0.6 is 0 Å². The molecule has 1 aromatic carbocycles. The van der Waals surface area contributed by atoms with E-state index in [2.05, 4.69) is 66.0 Å². The number of aromatic nitrogens is 1. The fourth-order valence-corrected chi connectivity index (χ4v) is 3.76. The van der Waals surface area contributed by atoms with Crippen LogP contribution < -0.4 is 10.2 Å². The quantitative estimate of drug-likeness (QED) is 0.774. The van der Waals surface area contributed by atoms with Gasteiger partial charge in [-0.3, -0.25) is 4.79 Å². The van der Waals surface area contributed by atoms with Gasteiger partial charge in [-0.1, -0.05) is 6.92 Å². The predicted octanol–water partition coefficient (Wildman–Crippen LogP) is 3.76. The van der Waals surface area contributed by atoms with Crippen molar-refractivity contribution in [2.45, 2.75) is 27.7 Å². The van der Waals surface area contributed by atoms with E-state index >= 15 is 0 Å². The summed E-state index contributed by atoms with van der Waals surface area (Å²) in [5, 5.41) is 3.37. The molecular formula is C23H33N5O. The molecule has 1 aliphatic heterocycles. The molecule has 0 radical (unpaired) electrons. The number of aryl methyl sites for hydroxylation is 1. The van der Waals surface area contributed by atoms with Crippen LogP contribution in [-0.2, 0) is 0 Å². The second-order valence-electron chi connectivity index (χ2n) is 7.46. The van der Waals surface area contributed by atoms with Crippen molar-refractivity contribution < 1.29 is 4.79 Å². The second kappa shape index (κ2) is 9.74. The minimum absolute atomic E-state index is 0.0690. The molecule has 0 atom stereocenters. The maximum atomic E-state index is 12.7. The second-order valence-corrected chi connectivity index (χ2v) is 7.46. The highest BCUT2D eigenvalue weighted by Gasteiger charge is 2.21. The van der Waals surface area contributed by atoms with E-state index in [-0.39, 0.29) is 5.91 Å². The molecule has 1 fully saturated rings. The predicted molar refractivity (Wildman–Crippen MR) is 120 cm³/mol. The summed E-state index contributed by atoms with van der Waals surface area (Å²) in [5.74, 6) is 0.815. The number of hydrogen-bond acceptors (Lipinski definition) is 5. The van der Waals surface area contributed by atoms with E-state index in [9.17, 15) is 4.79 Å². The van der Waals surface area contributed by atoms with Gasteiger partial charge in [0.15, 0.2) is 0 Å². The molecule has 1 amide bonds. The molecule has 1 saturated heterocycles. The minimum Gasteiger partial charge on any atom is -0.372 e. The molecule has 0 spiro atoms. The first-order chi connectivity index (χ1) is 14.0. The molecule has 2 aromatic rings. The van der Waals surface area contributed by atoms with Gasteiger partial charge in [0.05, 0.1) is 5.56 Å². The monoisotopic (exact) mass is 395 g/mol. The molecule has 1 N–H and O–H groups in total. The number of likely N-dealkylation sites (N-methyl/N-ethyl adjacent to an activating group) is 1. The smallest absolute Gasteiger partial charge is 0.255 e. The summed E-state index contributed by atoms with van der Waals surface area (Å²) < 4.78 is 0.